The molecular formula is C56H105NO5. The number of carbonyl (C=O) groups excluding carboxylic acids is 2. The van der Waals surface area contributed by atoms with Gasteiger partial charge in [-0.3, -0.25) is 9.59 Å². The summed E-state index contributed by atoms with van der Waals surface area (Å²) >= 11 is 0. The van der Waals surface area contributed by atoms with Crippen molar-refractivity contribution in [2.24, 2.45) is 0 Å². The lowest BCUT2D eigenvalue weighted by molar-refractivity contribution is -0.151. The topological polar surface area (TPSA) is 95.9 Å². The third-order valence-electron chi connectivity index (χ3n) is 12.5. The minimum atomic E-state index is -0.787. The summed E-state index contributed by atoms with van der Waals surface area (Å²) in [6.07, 6.45) is 59.2. The number of hydrogen-bond acceptors (Lipinski definition) is 5. The van der Waals surface area contributed by atoms with Crippen LogP contribution in [0.15, 0.2) is 36.5 Å². The molecule has 3 atom stereocenters. The van der Waals surface area contributed by atoms with Gasteiger partial charge in [-0.1, -0.05) is 243 Å². The van der Waals surface area contributed by atoms with E-state index >= 15 is 0 Å². The van der Waals surface area contributed by atoms with E-state index in [9.17, 15) is 19.8 Å². The summed E-state index contributed by atoms with van der Waals surface area (Å²) in [4.78, 5) is 26.1. The number of nitrogens with one attached hydrogen (secondary N) is 1. The van der Waals surface area contributed by atoms with Crippen LogP contribution >= 0.6 is 0 Å². The van der Waals surface area contributed by atoms with Crippen molar-refractivity contribution in [1.82, 2.24) is 5.32 Å². The van der Waals surface area contributed by atoms with Gasteiger partial charge in [0, 0.05) is 6.42 Å². The molecular weight excluding hydrogens is 767 g/mol. The zero-order valence-electron chi connectivity index (χ0n) is 41.5. The number of amides is 1. The van der Waals surface area contributed by atoms with E-state index in [-0.39, 0.29) is 24.9 Å². The number of rotatable bonds is 49. The first-order valence-electron chi connectivity index (χ1n) is 27.2. The second-order valence-electron chi connectivity index (χ2n) is 18.6. The Morgan fingerprint density at radius 2 is 0.823 bits per heavy atom. The van der Waals surface area contributed by atoms with Crippen LogP contribution in [0, 0.1) is 0 Å². The molecule has 6 heteroatoms. The van der Waals surface area contributed by atoms with Gasteiger partial charge in [0.2, 0.25) is 5.91 Å². The van der Waals surface area contributed by atoms with Crippen molar-refractivity contribution in [3.8, 4) is 0 Å². The summed E-state index contributed by atoms with van der Waals surface area (Å²) in [7, 11) is 0. The molecule has 0 aromatic carbocycles. The fraction of sp³-hybridized carbons (Fsp3) is 0.857. The standard InChI is InChI=1S/C56H105NO5/c1-4-7-10-13-16-19-22-24-26-27-28-29-30-32-34-37-40-43-46-49-56(61)62-52(47-44-41-38-35-21-18-15-12-9-6-3)50-55(60)57-53(51-58)54(59)48-45-42-39-36-33-31-25-23-20-17-14-11-8-5-2/h16,19,24,26,28-29,52-54,58-59H,4-15,17-18,20-23,25,27,30-51H2,1-3H3,(H,57,60)/b19-16-,26-24-,29-28-. The van der Waals surface area contributed by atoms with Crippen molar-refractivity contribution >= 4 is 11.9 Å². The van der Waals surface area contributed by atoms with Crippen LogP contribution in [0.3, 0.4) is 0 Å². The van der Waals surface area contributed by atoms with Crippen LogP contribution in [-0.2, 0) is 14.3 Å². The average molecular weight is 872 g/mol. The highest BCUT2D eigenvalue weighted by atomic mass is 16.5. The molecule has 62 heavy (non-hydrogen) atoms. The van der Waals surface area contributed by atoms with E-state index in [1.165, 1.54) is 173 Å². The Kier molecular flexibility index (Phi) is 48.5. The summed E-state index contributed by atoms with van der Waals surface area (Å²) in [6, 6.07) is -0.700. The van der Waals surface area contributed by atoms with Gasteiger partial charge in [0.05, 0.1) is 25.2 Å². The summed E-state index contributed by atoms with van der Waals surface area (Å²) in [5, 5.41) is 23.8. The first kappa shape index (κ1) is 60.1. The molecule has 0 aromatic heterocycles. The van der Waals surface area contributed by atoms with Crippen molar-refractivity contribution in [3.05, 3.63) is 36.5 Å². The Hall–Kier alpha value is -1.92. The Balaban J connectivity index is 4.46. The summed E-state index contributed by atoms with van der Waals surface area (Å²) < 4.78 is 5.93. The maximum Gasteiger partial charge on any atom is 0.306 e. The number of ether oxygens (including phenoxy) is 1. The predicted octanol–water partition coefficient (Wildman–Crippen LogP) is 16.5. The minimum absolute atomic E-state index is 0.0759. The lowest BCUT2D eigenvalue weighted by atomic mass is 10.0. The number of aliphatic hydroxyl groups is 2. The molecule has 3 unspecified atom stereocenters. The van der Waals surface area contributed by atoms with E-state index in [0.717, 1.165) is 64.2 Å². The van der Waals surface area contributed by atoms with Crippen LogP contribution in [0.1, 0.15) is 284 Å². The normalized spacial score (nSPS) is 13.4. The summed E-state index contributed by atoms with van der Waals surface area (Å²) in [6.45, 7) is 6.46. The molecule has 0 bridgehead atoms. The third kappa shape index (κ3) is 44.7. The van der Waals surface area contributed by atoms with Crippen LogP contribution < -0.4 is 5.32 Å². The van der Waals surface area contributed by atoms with E-state index in [0.29, 0.717) is 19.3 Å². The molecule has 0 saturated heterocycles. The van der Waals surface area contributed by atoms with Crippen LogP contribution in [0.25, 0.3) is 0 Å². The Morgan fingerprint density at radius 1 is 0.468 bits per heavy atom. The number of allylic oxidation sites excluding steroid dienone is 6. The molecule has 3 N–H and O–H groups in total. The van der Waals surface area contributed by atoms with Gasteiger partial charge in [-0.15, -0.1) is 0 Å². The third-order valence-corrected chi connectivity index (χ3v) is 12.5. The van der Waals surface area contributed by atoms with E-state index in [1.807, 2.05) is 0 Å². The number of unbranched alkanes of at least 4 members (excludes halogenated alkanes) is 31. The highest BCUT2D eigenvalue weighted by Gasteiger charge is 2.24. The molecule has 0 heterocycles. The second kappa shape index (κ2) is 50.1. The van der Waals surface area contributed by atoms with Crippen molar-refractivity contribution in [3.63, 3.8) is 0 Å². The maximum atomic E-state index is 13.2. The number of esters is 1. The molecule has 0 radical (unpaired) electrons. The van der Waals surface area contributed by atoms with Crippen LogP contribution in [0.4, 0.5) is 0 Å². The zero-order valence-corrected chi connectivity index (χ0v) is 41.5. The van der Waals surface area contributed by atoms with E-state index < -0.39 is 18.2 Å². The first-order valence-corrected chi connectivity index (χ1v) is 27.2. The first-order chi connectivity index (χ1) is 30.5. The highest BCUT2D eigenvalue weighted by Crippen LogP contribution is 2.18. The quantitative estimate of drug-likeness (QED) is 0.0321. The van der Waals surface area contributed by atoms with Gasteiger partial charge < -0.3 is 20.3 Å². The Labute approximate surface area is 385 Å². The van der Waals surface area contributed by atoms with Crippen LogP contribution in [0.5, 0.6) is 0 Å². The fourth-order valence-electron chi connectivity index (χ4n) is 8.32. The lowest BCUT2D eigenvalue weighted by Gasteiger charge is -2.24. The molecule has 0 aliphatic heterocycles. The van der Waals surface area contributed by atoms with Crippen molar-refractivity contribution in [1.29, 1.82) is 0 Å². The molecule has 0 spiro atoms. The van der Waals surface area contributed by atoms with E-state index in [4.69, 9.17) is 4.74 Å². The smallest absolute Gasteiger partial charge is 0.306 e. The van der Waals surface area contributed by atoms with Crippen molar-refractivity contribution < 1.29 is 24.5 Å². The van der Waals surface area contributed by atoms with Crippen molar-refractivity contribution in [2.45, 2.75) is 302 Å². The lowest BCUT2D eigenvalue weighted by Crippen LogP contribution is -2.46. The maximum absolute atomic E-state index is 13.2. The number of hydrogen-bond donors (Lipinski definition) is 3. The van der Waals surface area contributed by atoms with Gasteiger partial charge in [0.25, 0.3) is 0 Å². The van der Waals surface area contributed by atoms with E-state index in [1.54, 1.807) is 0 Å². The molecule has 0 rings (SSSR count). The largest absolute Gasteiger partial charge is 0.462 e. The summed E-state index contributed by atoms with van der Waals surface area (Å²) in [5.41, 5.74) is 0. The summed E-state index contributed by atoms with van der Waals surface area (Å²) in [5.74, 6) is -0.477. The van der Waals surface area contributed by atoms with Gasteiger partial charge in [-0.2, -0.15) is 0 Å². The molecule has 364 valence electrons. The number of carbonyl (C=O) groups is 2. The molecule has 0 saturated carbocycles. The second-order valence-corrected chi connectivity index (χ2v) is 18.6. The van der Waals surface area contributed by atoms with Gasteiger partial charge >= 0.3 is 5.97 Å². The van der Waals surface area contributed by atoms with Gasteiger partial charge in [0.15, 0.2) is 0 Å². The molecule has 0 aliphatic rings. The SMILES string of the molecule is CCCCC/C=C\C/C=C\C/C=C\CCCCCCCCC(=O)OC(CCCCCCCCCCCC)CC(=O)NC(CO)C(O)CCCCCCCCCCCCCCCC. The number of aliphatic hydroxyl groups excluding tert-OH is 2. The highest BCUT2D eigenvalue weighted by molar-refractivity contribution is 5.77. The van der Waals surface area contributed by atoms with Crippen LogP contribution in [0.2, 0.25) is 0 Å². The predicted molar refractivity (Wildman–Crippen MR) is 269 cm³/mol. The molecule has 0 fully saturated rings. The molecule has 1 amide bonds. The average Bonchev–Trinajstić information content (AvgIpc) is 3.26. The van der Waals surface area contributed by atoms with Crippen LogP contribution in [-0.4, -0.2) is 46.9 Å². The van der Waals surface area contributed by atoms with Gasteiger partial charge in [-0.05, 0) is 64.2 Å². The zero-order chi connectivity index (χ0) is 45.2. The van der Waals surface area contributed by atoms with Gasteiger partial charge in [0.1, 0.15) is 6.10 Å². The minimum Gasteiger partial charge on any atom is -0.462 e. The Morgan fingerprint density at radius 3 is 1.27 bits per heavy atom. The van der Waals surface area contributed by atoms with Crippen molar-refractivity contribution in [2.75, 3.05) is 6.61 Å². The monoisotopic (exact) mass is 872 g/mol. The Bertz CT molecular complexity index is 1020. The molecule has 0 aliphatic carbocycles. The molecule has 0 aromatic rings. The van der Waals surface area contributed by atoms with Gasteiger partial charge in [-0.25, -0.2) is 0 Å². The fourth-order valence-corrected chi connectivity index (χ4v) is 8.32. The molecule has 6 nitrogen and oxygen atoms in total. The van der Waals surface area contributed by atoms with E-state index in [2.05, 4.69) is 62.5 Å².